The maximum absolute atomic E-state index is 13.2. The summed E-state index contributed by atoms with van der Waals surface area (Å²) in [7, 11) is 1.85. The highest BCUT2D eigenvalue weighted by Crippen LogP contribution is 2.33. The molecule has 0 aliphatic carbocycles. The van der Waals surface area contributed by atoms with Gasteiger partial charge in [0.15, 0.2) is 42.1 Å². The third kappa shape index (κ3) is 6.59. The van der Waals surface area contributed by atoms with Crippen LogP contribution >= 0.6 is 22.9 Å². The molecule has 224 valence electrons. The Morgan fingerprint density at radius 2 is 2.05 bits per heavy atom. The lowest BCUT2D eigenvalue weighted by molar-refractivity contribution is -0.689. The van der Waals surface area contributed by atoms with E-state index in [0.717, 1.165) is 35.0 Å². The molecule has 0 saturated carbocycles. The average molecular weight is 624 g/mol. The first kappa shape index (κ1) is 30.6. The predicted octanol–water partition coefficient (Wildman–Crippen LogP) is -0.786. The van der Waals surface area contributed by atoms with Gasteiger partial charge in [0, 0.05) is 30.9 Å². The quantitative estimate of drug-likeness (QED) is 0.0531. The summed E-state index contributed by atoms with van der Waals surface area (Å²) in [5.41, 5.74) is 5.94. The normalized spacial score (nSPS) is 19.1. The van der Waals surface area contributed by atoms with Crippen molar-refractivity contribution in [3.05, 3.63) is 45.8 Å². The van der Waals surface area contributed by atoms with Crippen LogP contribution in [-0.2, 0) is 35.3 Å². The zero-order chi connectivity index (χ0) is 30.6. The van der Waals surface area contributed by atoms with Crippen LogP contribution in [-0.4, -0.2) is 94.7 Å². The standard InChI is InChI=1S/C24H27ClN8O8S/c1-11(22(36)37)41-31-15(14-18(25)42-24(26)30-14)19(34)29-16-20(35)33-17(23(38)39)12(10-40-21(16)33)9-32-7-3-13(4-8-32)28-6-5-27-2/h3-4,7-8,11,16,21,27H,5-6,9-10H2,1-2H3,(H5,26,29,30,34,36,37,38,39)/p+1/b31-15-/t11-,16+,21+/m0/s1. The van der Waals surface area contributed by atoms with E-state index >= 15 is 0 Å². The Morgan fingerprint density at radius 3 is 2.64 bits per heavy atom. The van der Waals surface area contributed by atoms with Gasteiger partial charge in [-0.3, -0.25) is 14.5 Å². The third-order valence-electron chi connectivity index (χ3n) is 6.20. The molecule has 0 spiro atoms. The molecule has 4 heterocycles. The molecule has 2 aromatic heterocycles. The number of rotatable bonds is 13. The molecular weight excluding hydrogens is 596 g/mol. The summed E-state index contributed by atoms with van der Waals surface area (Å²) < 4.78 is 7.51. The van der Waals surface area contributed by atoms with Crippen LogP contribution in [0.4, 0.5) is 10.8 Å². The smallest absolute Gasteiger partial charge is 0.352 e. The number of carbonyl (C=O) groups is 4. The van der Waals surface area contributed by atoms with Crippen molar-refractivity contribution < 1.29 is 43.5 Å². The molecule has 2 aliphatic rings. The minimum absolute atomic E-state index is 0.00428. The fourth-order valence-corrected chi connectivity index (χ4v) is 5.01. The molecule has 0 bridgehead atoms. The Hall–Kier alpha value is -4.32. The van der Waals surface area contributed by atoms with E-state index in [0.29, 0.717) is 5.57 Å². The number of ether oxygens (including phenoxy) is 1. The molecule has 7 N–H and O–H groups in total. The van der Waals surface area contributed by atoms with Crippen LogP contribution in [0.2, 0.25) is 4.34 Å². The van der Waals surface area contributed by atoms with Gasteiger partial charge in [0.1, 0.15) is 15.7 Å². The lowest BCUT2D eigenvalue weighted by Gasteiger charge is -2.48. The van der Waals surface area contributed by atoms with E-state index in [4.69, 9.17) is 32.0 Å². The first-order valence-electron chi connectivity index (χ1n) is 12.5. The van der Waals surface area contributed by atoms with Gasteiger partial charge in [0.05, 0.1) is 12.2 Å². The summed E-state index contributed by atoms with van der Waals surface area (Å²) in [6.45, 7) is 2.73. The second kappa shape index (κ2) is 13.1. The molecule has 0 unspecified atom stereocenters. The number of aromatic nitrogens is 2. The number of oxime groups is 1. The highest BCUT2D eigenvalue weighted by Gasteiger charge is 2.55. The van der Waals surface area contributed by atoms with E-state index in [1.807, 2.05) is 19.2 Å². The van der Waals surface area contributed by atoms with Crippen molar-refractivity contribution in [3.63, 3.8) is 0 Å². The van der Waals surface area contributed by atoms with Crippen LogP contribution in [0.25, 0.3) is 0 Å². The Bertz CT molecular complexity index is 1450. The summed E-state index contributed by atoms with van der Waals surface area (Å²) in [5.74, 6) is -4.40. The molecule has 0 radical (unpaired) electrons. The number of nitrogens with two attached hydrogens (primary N) is 1. The number of anilines is 2. The van der Waals surface area contributed by atoms with Crippen molar-refractivity contribution in [2.24, 2.45) is 5.16 Å². The number of carbonyl (C=O) groups excluding carboxylic acids is 2. The van der Waals surface area contributed by atoms with E-state index < -0.39 is 47.8 Å². The van der Waals surface area contributed by atoms with Gasteiger partial charge in [0.2, 0.25) is 6.10 Å². The monoisotopic (exact) mass is 623 g/mol. The van der Waals surface area contributed by atoms with Crippen LogP contribution in [0.15, 0.2) is 41.0 Å². The zero-order valence-electron chi connectivity index (χ0n) is 22.4. The number of halogens is 1. The highest BCUT2D eigenvalue weighted by atomic mass is 35.5. The van der Waals surface area contributed by atoms with Gasteiger partial charge in [-0.2, -0.15) is 0 Å². The second-order valence-corrected chi connectivity index (χ2v) is 10.7. The van der Waals surface area contributed by atoms with Crippen LogP contribution in [0.5, 0.6) is 0 Å². The number of amides is 2. The minimum Gasteiger partial charge on any atom is -0.478 e. The number of carboxylic acids is 2. The molecular formula is C24H28ClN8O8S+. The molecule has 16 nitrogen and oxygen atoms in total. The van der Waals surface area contributed by atoms with E-state index in [-0.39, 0.29) is 34.0 Å². The van der Waals surface area contributed by atoms with Crippen molar-refractivity contribution in [3.8, 4) is 0 Å². The Labute approximate surface area is 247 Å². The molecule has 2 amide bonds. The number of carboxylic acid groups (broad SMARTS) is 2. The van der Waals surface area contributed by atoms with Crippen LogP contribution in [0.1, 0.15) is 12.6 Å². The molecule has 0 aromatic carbocycles. The van der Waals surface area contributed by atoms with Gasteiger partial charge in [-0.25, -0.2) is 19.1 Å². The Balaban J connectivity index is 1.50. The van der Waals surface area contributed by atoms with E-state index in [1.165, 1.54) is 6.92 Å². The van der Waals surface area contributed by atoms with Crippen LogP contribution in [0, 0.1) is 0 Å². The maximum atomic E-state index is 13.2. The number of nitrogens with one attached hydrogen (secondary N) is 3. The molecule has 2 aromatic rings. The fraction of sp³-hybridized carbons (Fsp3) is 0.375. The number of β-lactam (4-membered cyclic amide) rings is 1. The first-order valence-corrected chi connectivity index (χ1v) is 13.7. The minimum atomic E-state index is -1.42. The summed E-state index contributed by atoms with van der Waals surface area (Å²) in [5, 5.41) is 31.3. The van der Waals surface area contributed by atoms with Gasteiger partial charge in [-0.05, 0) is 14.0 Å². The van der Waals surface area contributed by atoms with E-state index in [9.17, 15) is 24.3 Å². The predicted molar refractivity (Wildman–Crippen MR) is 148 cm³/mol. The Morgan fingerprint density at radius 1 is 1.33 bits per heavy atom. The number of likely N-dealkylation sites (N-methyl/N-ethyl adjacent to an activating group) is 1. The molecule has 4 rings (SSSR count). The van der Waals surface area contributed by atoms with Crippen molar-refractivity contribution in [1.82, 2.24) is 20.5 Å². The number of pyridine rings is 1. The van der Waals surface area contributed by atoms with Gasteiger partial charge in [-0.1, -0.05) is 28.1 Å². The highest BCUT2D eigenvalue weighted by molar-refractivity contribution is 7.19. The van der Waals surface area contributed by atoms with Gasteiger partial charge in [0.25, 0.3) is 11.8 Å². The summed E-state index contributed by atoms with van der Waals surface area (Å²) in [6, 6.07) is 2.40. The SMILES string of the molecule is CNCCNc1cc[n+](CC2=C(C(=O)O)N3C(=O)[C@@H](NC(=O)/C(=N\O[C@@H](C)C(=O)O)c4nc(N)sc4Cl)[C@H]3OC2)cc1. The summed E-state index contributed by atoms with van der Waals surface area (Å²) in [4.78, 5) is 59.4. The number of nitrogens with zero attached hydrogens (tertiary/aromatic N) is 4. The van der Waals surface area contributed by atoms with Crippen molar-refractivity contribution in [2.75, 3.05) is 37.8 Å². The van der Waals surface area contributed by atoms with Crippen LogP contribution < -0.4 is 26.3 Å². The molecule has 2 aliphatic heterocycles. The number of nitrogen functional groups attached to an aromatic ring is 1. The van der Waals surface area contributed by atoms with Gasteiger partial charge >= 0.3 is 11.9 Å². The number of hydrogen-bond acceptors (Lipinski definition) is 12. The average Bonchev–Trinajstić information content (AvgIpc) is 3.29. The van der Waals surface area contributed by atoms with E-state index in [2.05, 4.69) is 26.1 Å². The number of hydrogen-bond donors (Lipinski definition) is 6. The van der Waals surface area contributed by atoms with Crippen molar-refractivity contribution >= 4 is 63.2 Å². The van der Waals surface area contributed by atoms with Crippen molar-refractivity contribution in [2.45, 2.75) is 31.8 Å². The largest absolute Gasteiger partial charge is 0.478 e. The molecule has 1 saturated heterocycles. The second-order valence-electron chi connectivity index (χ2n) is 9.11. The van der Waals surface area contributed by atoms with E-state index in [1.54, 1.807) is 17.0 Å². The third-order valence-corrected chi connectivity index (χ3v) is 7.28. The number of fused-ring (bicyclic) bond motifs is 1. The molecule has 42 heavy (non-hydrogen) atoms. The lowest BCUT2D eigenvalue weighted by Crippen LogP contribution is -2.73. The zero-order valence-corrected chi connectivity index (χ0v) is 23.9. The van der Waals surface area contributed by atoms with Crippen LogP contribution in [0.3, 0.4) is 0 Å². The Kier molecular flexibility index (Phi) is 9.56. The lowest BCUT2D eigenvalue weighted by atomic mass is 9.98. The topological polar surface area (TPSA) is 222 Å². The first-order chi connectivity index (χ1) is 20.0. The molecule has 1 fully saturated rings. The van der Waals surface area contributed by atoms with Gasteiger partial charge < -0.3 is 41.5 Å². The van der Waals surface area contributed by atoms with Gasteiger partial charge in [-0.15, -0.1) is 0 Å². The van der Waals surface area contributed by atoms with Crippen molar-refractivity contribution in [1.29, 1.82) is 0 Å². The molecule has 18 heteroatoms. The maximum Gasteiger partial charge on any atom is 0.352 e. The summed E-state index contributed by atoms with van der Waals surface area (Å²) in [6.07, 6.45) is 1.00. The summed E-state index contributed by atoms with van der Waals surface area (Å²) >= 11 is 6.97. The number of thiazole rings is 1. The number of aliphatic carboxylic acids is 2. The molecule has 3 atom stereocenters. The fourth-order valence-electron chi connectivity index (χ4n) is 4.08.